The minimum absolute atomic E-state index is 0. The lowest BCUT2D eigenvalue weighted by Gasteiger charge is -2.35. The molecular formula is C15H25Cl2FN2O. The van der Waals surface area contributed by atoms with Gasteiger partial charge in [0.1, 0.15) is 0 Å². The first-order valence-corrected chi connectivity index (χ1v) is 7.05. The van der Waals surface area contributed by atoms with Crippen LogP contribution in [0, 0.1) is 5.82 Å². The first-order chi connectivity index (χ1) is 9.27. The predicted octanol–water partition coefficient (Wildman–Crippen LogP) is 3.42. The number of benzene rings is 1. The average molecular weight is 339 g/mol. The van der Waals surface area contributed by atoms with Crippen LogP contribution in [0.4, 0.5) is 4.39 Å². The minimum Gasteiger partial charge on any atom is -0.494 e. The van der Waals surface area contributed by atoms with Crippen LogP contribution in [-0.2, 0) is 0 Å². The van der Waals surface area contributed by atoms with E-state index in [1.54, 1.807) is 6.07 Å². The fourth-order valence-electron chi connectivity index (χ4n) is 2.74. The summed E-state index contributed by atoms with van der Waals surface area (Å²) >= 11 is 0. The molecule has 122 valence electrons. The van der Waals surface area contributed by atoms with Gasteiger partial charge in [0, 0.05) is 37.8 Å². The van der Waals surface area contributed by atoms with Gasteiger partial charge >= 0.3 is 0 Å². The van der Waals surface area contributed by atoms with Crippen LogP contribution >= 0.6 is 24.8 Å². The Morgan fingerprint density at radius 1 is 1.29 bits per heavy atom. The van der Waals surface area contributed by atoms with E-state index in [0.29, 0.717) is 5.75 Å². The summed E-state index contributed by atoms with van der Waals surface area (Å²) in [5.74, 6) is 0.135. The standard InChI is InChI=1S/C15H23FN2O.2ClH/c1-3-5-13(18-10-8-17-9-11-18)12-6-4-7-14(19-2)15(12)16;;/h4,6-7,13,17H,3,5,8-11H2,1-2H3;2*1H/t13-;;/m0../s1. The van der Waals surface area contributed by atoms with Crippen molar-refractivity contribution in [1.29, 1.82) is 0 Å². The van der Waals surface area contributed by atoms with Crippen molar-refractivity contribution in [2.75, 3.05) is 33.3 Å². The molecule has 0 bridgehead atoms. The van der Waals surface area contributed by atoms with E-state index in [1.807, 2.05) is 12.1 Å². The molecule has 0 saturated carbocycles. The lowest BCUT2D eigenvalue weighted by atomic mass is 9.99. The highest BCUT2D eigenvalue weighted by Crippen LogP contribution is 2.31. The van der Waals surface area contributed by atoms with Crippen molar-refractivity contribution in [3.63, 3.8) is 0 Å². The maximum atomic E-state index is 14.4. The summed E-state index contributed by atoms with van der Waals surface area (Å²) in [6, 6.07) is 5.60. The molecule has 1 N–H and O–H groups in total. The highest BCUT2D eigenvalue weighted by molar-refractivity contribution is 5.85. The third kappa shape index (κ3) is 4.99. The molecule has 1 aliphatic rings. The van der Waals surface area contributed by atoms with Gasteiger partial charge in [-0.15, -0.1) is 24.8 Å². The number of ether oxygens (including phenoxy) is 1. The second-order valence-electron chi connectivity index (χ2n) is 4.95. The molecule has 1 aromatic rings. The number of methoxy groups -OCH3 is 1. The van der Waals surface area contributed by atoms with Gasteiger partial charge in [-0.3, -0.25) is 4.90 Å². The van der Waals surface area contributed by atoms with Crippen LogP contribution in [0.2, 0.25) is 0 Å². The van der Waals surface area contributed by atoms with Gasteiger partial charge in [-0.2, -0.15) is 0 Å². The van der Waals surface area contributed by atoms with E-state index in [9.17, 15) is 4.39 Å². The Kier molecular flexibility index (Phi) is 9.95. The second-order valence-corrected chi connectivity index (χ2v) is 4.95. The Labute approximate surface area is 139 Å². The molecule has 0 radical (unpaired) electrons. The normalized spacial score (nSPS) is 16.5. The summed E-state index contributed by atoms with van der Waals surface area (Å²) < 4.78 is 19.5. The topological polar surface area (TPSA) is 24.5 Å². The van der Waals surface area contributed by atoms with E-state index in [2.05, 4.69) is 17.1 Å². The van der Waals surface area contributed by atoms with Crippen molar-refractivity contribution in [2.45, 2.75) is 25.8 Å². The fraction of sp³-hybridized carbons (Fsp3) is 0.600. The first kappa shape index (κ1) is 20.5. The van der Waals surface area contributed by atoms with Gasteiger partial charge < -0.3 is 10.1 Å². The quantitative estimate of drug-likeness (QED) is 0.890. The Morgan fingerprint density at radius 3 is 2.52 bits per heavy atom. The lowest BCUT2D eigenvalue weighted by Crippen LogP contribution is -2.45. The van der Waals surface area contributed by atoms with E-state index in [-0.39, 0.29) is 36.7 Å². The maximum Gasteiger partial charge on any atom is 0.169 e. The van der Waals surface area contributed by atoms with Gasteiger partial charge in [0.2, 0.25) is 0 Å². The molecule has 1 atom stereocenters. The molecule has 1 fully saturated rings. The van der Waals surface area contributed by atoms with Gasteiger partial charge in [0.05, 0.1) is 7.11 Å². The highest BCUT2D eigenvalue weighted by atomic mass is 35.5. The Morgan fingerprint density at radius 2 is 1.95 bits per heavy atom. The zero-order valence-electron chi connectivity index (χ0n) is 12.6. The molecule has 0 unspecified atom stereocenters. The molecule has 21 heavy (non-hydrogen) atoms. The number of hydrogen-bond acceptors (Lipinski definition) is 3. The molecule has 6 heteroatoms. The molecule has 1 aromatic carbocycles. The van der Waals surface area contributed by atoms with Crippen LogP contribution < -0.4 is 10.1 Å². The SMILES string of the molecule is CCC[C@@H](c1cccc(OC)c1F)N1CCNCC1.Cl.Cl. The Balaban J connectivity index is 0.00000200. The summed E-state index contributed by atoms with van der Waals surface area (Å²) in [6.45, 7) is 6.05. The largest absolute Gasteiger partial charge is 0.494 e. The van der Waals surface area contributed by atoms with Gasteiger partial charge in [0.15, 0.2) is 11.6 Å². The predicted molar refractivity (Wildman–Crippen MR) is 89.5 cm³/mol. The Hall–Kier alpha value is -0.550. The van der Waals surface area contributed by atoms with Crippen LogP contribution in [0.5, 0.6) is 5.75 Å². The number of nitrogens with one attached hydrogen (secondary N) is 1. The lowest BCUT2D eigenvalue weighted by molar-refractivity contribution is 0.161. The smallest absolute Gasteiger partial charge is 0.169 e. The van der Waals surface area contributed by atoms with Crippen molar-refractivity contribution in [1.82, 2.24) is 10.2 Å². The number of halogens is 3. The fourth-order valence-corrected chi connectivity index (χ4v) is 2.74. The maximum absolute atomic E-state index is 14.4. The third-order valence-corrected chi connectivity index (χ3v) is 3.73. The van der Waals surface area contributed by atoms with Crippen LogP contribution in [-0.4, -0.2) is 38.2 Å². The summed E-state index contributed by atoms with van der Waals surface area (Å²) in [6.07, 6.45) is 2.02. The number of rotatable bonds is 5. The summed E-state index contributed by atoms with van der Waals surface area (Å²) in [5, 5.41) is 3.34. The molecule has 0 aliphatic carbocycles. The third-order valence-electron chi connectivity index (χ3n) is 3.73. The number of piperazine rings is 1. The van der Waals surface area contributed by atoms with Gasteiger partial charge in [-0.1, -0.05) is 25.5 Å². The molecule has 2 rings (SSSR count). The molecule has 0 aromatic heterocycles. The van der Waals surface area contributed by atoms with E-state index >= 15 is 0 Å². The molecule has 0 amide bonds. The van der Waals surface area contributed by atoms with E-state index in [0.717, 1.165) is 44.6 Å². The van der Waals surface area contributed by atoms with Crippen molar-refractivity contribution >= 4 is 24.8 Å². The average Bonchev–Trinajstić information content (AvgIpc) is 2.46. The zero-order valence-corrected chi connectivity index (χ0v) is 14.2. The molecule has 1 saturated heterocycles. The van der Waals surface area contributed by atoms with Gasteiger partial charge in [-0.25, -0.2) is 4.39 Å². The molecule has 1 heterocycles. The molecule has 3 nitrogen and oxygen atoms in total. The summed E-state index contributed by atoms with van der Waals surface area (Å²) in [5.41, 5.74) is 0.767. The highest BCUT2D eigenvalue weighted by Gasteiger charge is 2.25. The van der Waals surface area contributed by atoms with Crippen molar-refractivity contribution < 1.29 is 9.13 Å². The second kappa shape index (κ2) is 10.2. The van der Waals surface area contributed by atoms with Gasteiger partial charge in [-0.05, 0) is 12.5 Å². The first-order valence-electron chi connectivity index (χ1n) is 7.05. The van der Waals surface area contributed by atoms with Crippen LogP contribution in [0.3, 0.4) is 0 Å². The van der Waals surface area contributed by atoms with Crippen molar-refractivity contribution in [3.8, 4) is 5.75 Å². The molecule has 1 aliphatic heterocycles. The summed E-state index contributed by atoms with van der Waals surface area (Å²) in [7, 11) is 1.52. The number of hydrogen-bond donors (Lipinski definition) is 1. The minimum atomic E-state index is -0.206. The van der Waals surface area contributed by atoms with Gasteiger partial charge in [0.25, 0.3) is 0 Å². The zero-order chi connectivity index (χ0) is 13.7. The molecule has 0 spiro atoms. The molecular weight excluding hydrogens is 314 g/mol. The monoisotopic (exact) mass is 338 g/mol. The van der Waals surface area contributed by atoms with E-state index in [1.165, 1.54) is 7.11 Å². The number of nitrogens with zero attached hydrogens (tertiary/aromatic N) is 1. The summed E-state index contributed by atoms with van der Waals surface area (Å²) in [4.78, 5) is 2.37. The van der Waals surface area contributed by atoms with Crippen LogP contribution in [0.25, 0.3) is 0 Å². The Bertz CT molecular complexity index is 415. The van der Waals surface area contributed by atoms with Crippen molar-refractivity contribution in [2.24, 2.45) is 0 Å². The van der Waals surface area contributed by atoms with E-state index in [4.69, 9.17) is 4.74 Å². The van der Waals surface area contributed by atoms with E-state index < -0.39 is 0 Å². The van der Waals surface area contributed by atoms with Crippen molar-refractivity contribution in [3.05, 3.63) is 29.6 Å². The van der Waals surface area contributed by atoms with Crippen LogP contribution in [0.15, 0.2) is 18.2 Å². The van der Waals surface area contributed by atoms with Crippen LogP contribution in [0.1, 0.15) is 31.4 Å².